The van der Waals surface area contributed by atoms with Gasteiger partial charge in [-0.05, 0) is 60.9 Å². The molecule has 25 heavy (non-hydrogen) atoms. The van der Waals surface area contributed by atoms with E-state index in [0.29, 0.717) is 11.1 Å². The molecular weight excluding hydrogens is 324 g/mol. The molecule has 0 spiro atoms. The van der Waals surface area contributed by atoms with Gasteiger partial charge in [0, 0.05) is 24.3 Å². The number of aliphatic hydroxyl groups is 1. The number of piperidine rings is 1. The molecule has 2 aromatic carbocycles. The minimum absolute atomic E-state index is 0.203. The number of allylic oxidation sites excluding steroid dienone is 1. The Kier molecular flexibility index (Phi) is 5.24. The van der Waals surface area contributed by atoms with Crippen LogP contribution in [0.4, 0.5) is 14.5 Å². The van der Waals surface area contributed by atoms with E-state index in [0.717, 1.165) is 43.8 Å². The lowest BCUT2D eigenvalue weighted by Gasteiger charge is -2.31. The summed E-state index contributed by atoms with van der Waals surface area (Å²) in [6, 6.07) is 10.8. The lowest BCUT2D eigenvalue weighted by Crippen LogP contribution is -2.35. The molecule has 3 rings (SSSR count). The van der Waals surface area contributed by atoms with Crippen LogP contribution in [0.3, 0.4) is 0 Å². The first-order valence-corrected chi connectivity index (χ1v) is 8.23. The number of halogens is 2. The molecule has 0 atom stereocenters. The SMILES string of the molecule is O=C(C=Cc1ccc(F)c(F)c1)c1ccc(N2CCC(O)CC2)cc1. The normalized spacial score (nSPS) is 15.7. The molecule has 1 heterocycles. The molecule has 1 aliphatic heterocycles. The highest BCUT2D eigenvalue weighted by molar-refractivity contribution is 6.06. The van der Waals surface area contributed by atoms with Gasteiger partial charge < -0.3 is 10.0 Å². The minimum atomic E-state index is -0.939. The Hall–Kier alpha value is -2.53. The summed E-state index contributed by atoms with van der Waals surface area (Å²) >= 11 is 0. The van der Waals surface area contributed by atoms with Crippen LogP contribution in [-0.4, -0.2) is 30.1 Å². The van der Waals surface area contributed by atoms with Gasteiger partial charge >= 0.3 is 0 Å². The van der Waals surface area contributed by atoms with E-state index in [1.165, 1.54) is 18.2 Å². The number of carbonyl (C=O) groups excluding carboxylic acids is 1. The van der Waals surface area contributed by atoms with Gasteiger partial charge in [-0.25, -0.2) is 8.78 Å². The zero-order valence-electron chi connectivity index (χ0n) is 13.7. The van der Waals surface area contributed by atoms with E-state index in [1.807, 2.05) is 12.1 Å². The lowest BCUT2D eigenvalue weighted by molar-refractivity contribution is 0.104. The van der Waals surface area contributed by atoms with Gasteiger partial charge in [-0.1, -0.05) is 12.1 Å². The Balaban J connectivity index is 1.66. The van der Waals surface area contributed by atoms with Gasteiger partial charge in [0.2, 0.25) is 0 Å². The Morgan fingerprint density at radius 1 is 1.04 bits per heavy atom. The molecule has 130 valence electrons. The largest absolute Gasteiger partial charge is 0.393 e. The fraction of sp³-hybridized carbons (Fsp3) is 0.250. The van der Waals surface area contributed by atoms with Crippen molar-refractivity contribution in [3.8, 4) is 0 Å². The van der Waals surface area contributed by atoms with Crippen LogP contribution in [0.5, 0.6) is 0 Å². The zero-order chi connectivity index (χ0) is 17.8. The summed E-state index contributed by atoms with van der Waals surface area (Å²) in [5, 5.41) is 9.55. The van der Waals surface area contributed by atoms with Crippen LogP contribution >= 0.6 is 0 Å². The average molecular weight is 343 g/mol. The van der Waals surface area contributed by atoms with E-state index < -0.39 is 11.6 Å². The summed E-state index contributed by atoms with van der Waals surface area (Å²) in [7, 11) is 0. The van der Waals surface area contributed by atoms with E-state index in [-0.39, 0.29) is 11.9 Å². The van der Waals surface area contributed by atoms with Crippen molar-refractivity contribution in [2.24, 2.45) is 0 Å². The summed E-state index contributed by atoms with van der Waals surface area (Å²) in [5.41, 5.74) is 1.98. The van der Waals surface area contributed by atoms with Gasteiger partial charge in [-0.2, -0.15) is 0 Å². The molecule has 0 unspecified atom stereocenters. The van der Waals surface area contributed by atoms with Gasteiger partial charge in [0.25, 0.3) is 0 Å². The van der Waals surface area contributed by atoms with Crippen molar-refractivity contribution in [1.29, 1.82) is 0 Å². The van der Waals surface area contributed by atoms with Crippen LogP contribution in [0.2, 0.25) is 0 Å². The van der Waals surface area contributed by atoms with Crippen LogP contribution in [0, 0.1) is 11.6 Å². The zero-order valence-corrected chi connectivity index (χ0v) is 13.7. The number of hydrogen-bond donors (Lipinski definition) is 1. The first-order chi connectivity index (χ1) is 12.0. The number of carbonyl (C=O) groups is 1. The smallest absolute Gasteiger partial charge is 0.185 e. The van der Waals surface area contributed by atoms with E-state index in [9.17, 15) is 18.7 Å². The summed E-state index contributed by atoms with van der Waals surface area (Å²) in [6.45, 7) is 1.59. The van der Waals surface area contributed by atoms with Crippen molar-refractivity contribution in [3.63, 3.8) is 0 Å². The number of nitrogens with zero attached hydrogens (tertiary/aromatic N) is 1. The van der Waals surface area contributed by atoms with E-state index in [1.54, 1.807) is 12.1 Å². The first-order valence-electron chi connectivity index (χ1n) is 8.23. The molecular formula is C20H19F2NO2. The maximum Gasteiger partial charge on any atom is 0.185 e. The Morgan fingerprint density at radius 2 is 1.72 bits per heavy atom. The molecule has 0 bridgehead atoms. The van der Waals surface area contributed by atoms with Crippen molar-refractivity contribution in [1.82, 2.24) is 0 Å². The molecule has 2 aromatic rings. The molecule has 1 saturated heterocycles. The van der Waals surface area contributed by atoms with Crippen molar-refractivity contribution in [3.05, 3.63) is 71.3 Å². The van der Waals surface area contributed by atoms with Crippen LogP contribution in [0.25, 0.3) is 6.08 Å². The number of aliphatic hydroxyl groups excluding tert-OH is 1. The minimum Gasteiger partial charge on any atom is -0.393 e. The third kappa shape index (κ3) is 4.31. The topological polar surface area (TPSA) is 40.5 Å². The molecule has 1 fully saturated rings. The Bertz CT molecular complexity index is 779. The predicted molar refractivity (Wildman–Crippen MR) is 93.6 cm³/mol. The van der Waals surface area contributed by atoms with E-state index in [2.05, 4.69) is 4.90 Å². The van der Waals surface area contributed by atoms with Gasteiger partial charge in [0.05, 0.1) is 6.10 Å². The third-order valence-corrected chi connectivity index (χ3v) is 4.35. The Morgan fingerprint density at radius 3 is 2.36 bits per heavy atom. The average Bonchev–Trinajstić information content (AvgIpc) is 2.63. The number of hydrogen-bond acceptors (Lipinski definition) is 3. The highest BCUT2D eigenvalue weighted by atomic mass is 19.2. The quantitative estimate of drug-likeness (QED) is 0.678. The number of ketones is 1. The third-order valence-electron chi connectivity index (χ3n) is 4.35. The van der Waals surface area contributed by atoms with Crippen molar-refractivity contribution >= 4 is 17.5 Å². The van der Waals surface area contributed by atoms with Crippen molar-refractivity contribution in [2.75, 3.05) is 18.0 Å². The number of rotatable bonds is 4. The van der Waals surface area contributed by atoms with Gasteiger partial charge in [0.1, 0.15) is 0 Å². The van der Waals surface area contributed by atoms with E-state index in [4.69, 9.17) is 0 Å². The lowest BCUT2D eigenvalue weighted by atomic mass is 10.1. The molecule has 0 aliphatic carbocycles. The summed E-state index contributed by atoms with van der Waals surface area (Å²) in [6.07, 6.45) is 4.08. The second kappa shape index (κ2) is 7.57. The first kappa shape index (κ1) is 17.3. The van der Waals surface area contributed by atoms with Crippen LogP contribution < -0.4 is 4.90 Å². The molecule has 0 saturated carbocycles. The van der Waals surface area contributed by atoms with Gasteiger partial charge in [0.15, 0.2) is 17.4 Å². The standard InChI is InChI=1S/C20H19F2NO2/c21-18-7-1-14(13-19(18)22)2-8-20(25)15-3-5-16(6-4-15)23-11-9-17(24)10-12-23/h1-8,13,17,24H,9-12H2. The highest BCUT2D eigenvalue weighted by Gasteiger charge is 2.17. The van der Waals surface area contributed by atoms with Gasteiger partial charge in [-0.3, -0.25) is 4.79 Å². The molecule has 0 radical (unpaired) electrons. The maximum atomic E-state index is 13.2. The number of benzene rings is 2. The van der Waals surface area contributed by atoms with Crippen LogP contribution in [0.1, 0.15) is 28.8 Å². The van der Waals surface area contributed by atoms with Crippen LogP contribution in [-0.2, 0) is 0 Å². The molecule has 0 aromatic heterocycles. The monoisotopic (exact) mass is 343 g/mol. The van der Waals surface area contributed by atoms with Crippen molar-refractivity contribution in [2.45, 2.75) is 18.9 Å². The molecule has 5 heteroatoms. The summed E-state index contributed by atoms with van der Waals surface area (Å²) < 4.78 is 26.0. The second-order valence-electron chi connectivity index (χ2n) is 6.14. The fourth-order valence-electron chi connectivity index (χ4n) is 2.84. The maximum absolute atomic E-state index is 13.2. The van der Waals surface area contributed by atoms with Crippen LogP contribution in [0.15, 0.2) is 48.5 Å². The fourth-order valence-corrected chi connectivity index (χ4v) is 2.84. The molecule has 1 N–H and O–H groups in total. The Labute approximate surface area is 145 Å². The summed E-state index contributed by atoms with van der Waals surface area (Å²) in [4.78, 5) is 14.4. The second-order valence-corrected chi connectivity index (χ2v) is 6.14. The molecule has 3 nitrogen and oxygen atoms in total. The predicted octanol–water partition coefficient (Wildman–Crippen LogP) is 3.82. The summed E-state index contributed by atoms with van der Waals surface area (Å²) in [5.74, 6) is -2.06. The van der Waals surface area contributed by atoms with Crippen molar-refractivity contribution < 1.29 is 18.7 Å². The highest BCUT2D eigenvalue weighted by Crippen LogP contribution is 2.21. The molecule has 1 aliphatic rings. The number of anilines is 1. The molecule has 0 amide bonds. The van der Waals surface area contributed by atoms with Gasteiger partial charge in [-0.15, -0.1) is 0 Å². The van der Waals surface area contributed by atoms with E-state index >= 15 is 0 Å².